The Kier molecular flexibility index (Phi) is 2.42. The Labute approximate surface area is 85.7 Å². The first kappa shape index (κ1) is 10.2. The van der Waals surface area contributed by atoms with Crippen LogP contribution in [0.4, 0.5) is 0 Å². The van der Waals surface area contributed by atoms with Crippen molar-refractivity contribution in [3.05, 3.63) is 0 Å². The fraction of sp³-hybridized carbons (Fsp3) is 0.917. The molecular formula is C12H20O2. The van der Waals surface area contributed by atoms with Gasteiger partial charge in [-0.3, -0.25) is 4.79 Å². The van der Waals surface area contributed by atoms with Crippen LogP contribution in [0.1, 0.15) is 46.0 Å². The third kappa shape index (κ3) is 1.31. The minimum atomic E-state index is -0.182. The van der Waals surface area contributed by atoms with Crippen molar-refractivity contribution in [2.75, 3.05) is 0 Å². The molecule has 2 rings (SSSR count). The van der Waals surface area contributed by atoms with Gasteiger partial charge in [0.2, 0.25) is 0 Å². The van der Waals surface area contributed by atoms with E-state index in [0.29, 0.717) is 17.6 Å². The van der Waals surface area contributed by atoms with E-state index in [1.54, 1.807) is 0 Å². The average molecular weight is 196 g/mol. The van der Waals surface area contributed by atoms with E-state index in [9.17, 15) is 9.90 Å². The van der Waals surface area contributed by atoms with Crippen molar-refractivity contribution in [1.82, 2.24) is 0 Å². The van der Waals surface area contributed by atoms with Crippen molar-refractivity contribution in [3.63, 3.8) is 0 Å². The number of carbonyl (C=O) groups excluding carboxylic acids is 1. The average Bonchev–Trinajstić information content (AvgIpc) is 2.16. The molecule has 1 N–H and O–H groups in total. The van der Waals surface area contributed by atoms with E-state index >= 15 is 0 Å². The van der Waals surface area contributed by atoms with Gasteiger partial charge >= 0.3 is 0 Å². The van der Waals surface area contributed by atoms with Crippen LogP contribution in [0.25, 0.3) is 0 Å². The number of Topliss-reactive ketones (excluding diaryl/α,β-unsaturated/α-hetero) is 1. The van der Waals surface area contributed by atoms with Gasteiger partial charge in [0.05, 0.1) is 6.10 Å². The second-order valence-electron chi connectivity index (χ2n) is 5.30. The van der Waals surface area contributed by atoms with Crippen LogP contribution in [-0.2, 0) is 4.79 Å². The molecule has 2 saturated carbocycles. The van der Waals surface area contributed by atoms with E-state index < -0.39 is 0 Å². The molecular weight excluding hydrogens is 176 g/mol. The van der Waals surface area contributed by atoms with Crippen LogP contribution in [0.3, 0.4) is 0 Å². The highest BCUT2D eigenvalue weighted by Gasteiger charge is 2.49. The summed E-state index contributed by atoms with van der Waals surface area (Å²) < 4.78 is 0. The molecule has 2 aliphatic rings. The quantitative estimate of drug-likeness (QED) is 0.644. The first-order valence-corrected chi connectivity index (χ1v) is 5.77. The summed E-state index contributed by atoms with van der Waals surface area (Å²) in [5, 5.41) is 9.81. The van der Waals surface area contributed by atoms with E-state index in [0.717, 1.165) is 32.1 Å². The summed E-state index contributed by atoms with van der Waals surface area (Å²) in [7, 11) is 0. The van der Waals surface area contributed by atoms with Gasteiger partial charge in [0, 0.05) is 11.8 Å². The lowest BCUT2D eigenvalue weighted by atomic mass is 9.56. The number of ketones is 1. The SMILES string of the molecule is C[C@@H]1[C@H](O)CC[C@]2(C)C(=O)CCC[C@@H]12. The minimum absolute atomic E-state index is 0.114. The Morgan fingerprint density at radius 1 is 1.43 bits per heavy atom. The molecule has 0 spiro atoms. The summed E-state index contributed by atoms with van der Waals surface area (Å²) in [5.41, 5.74) is -0.114. The van der Waals surface area contributed by atoms with Gasteiger partial charge in [-0.1, -0.05) is 13.8 Å². The molecule has 4 atom stereocenters. The number of hydrogen-bond donors (Lipinski definition) is 1. The molecule has 0 aromatic carbocycles. The van der Waals surface area contributed by atoms with Crippen molar-refractivity contribution in [2.24, 2.45) is 17.3 Å². The smallest absolute Gasteiger partial charge is 0.139 e. The van der Waals surface area contributed by atoms with Crippen LogP contribution in [0.5, 0.6) is 0 Å². The third-order valence-corrected chi connectivity index (χ3v) is 4.58. The fourth-order valence-corrected chi connectivity index (χ4v) is 3.44. The summed E-state index contributed by atoms with van der Waals surface area (Å²) in [6.45, 7) is 4.22. The van der Waals surface area contributed by atoms with E-state index in [1.807, 2.05) is 0 Å². The number of carbonyl (C=O) groups is 1. The maximum Gasteiger partial charge on any atom is 0.139 e. The largest absolute Gasteiger partial charge is 0.393 e. The normalized spacial score (nSPS) is 48.8. The van der Waals surface area contributed by atoms with Gasteiger partial charge in [-0.25, -0.2) is 0 Å². The molecule has 0 amide bonds. The fourth-order valence-electron chi connectivity index (χ4n) is 3.44. The van der Waals surface area contributed by atoms with Crippen molar-refractivity contribution in [1.29, 1.82) is 0 Å². The van der Waals surface area contributed by atoms with Crippen molar-refractivity contribution >= 4 is 5.78 Å². The topological polar surface area (TPSA) is 37.3 Å². The van der Waals surface area contributed by atoms with Gasteiger partial charge in [0.15, 0.2) is 0 Å². The van der Waals surface area contributed by atoms with Crippen LogP contribution < -0.4 is 0 Å². The highest BCUT2D eigenvalue weighted by molar-refractivity contribution is 5.85. The molecule has 0 aromatic heterocycles. The summed E-state index contributed by atoms with van der Waals surface area (Å²) in [6.07, 6.45) is 4.42. The molecule has 80 valence electrons. The van der Waals surface area contributed by atoms with Gasteiger partial charge in [-0.15, -0.1) is 0 Å². The molecule has 2 aliphatic carbocycles. The van der Waals surface area contributed by atoms with Crippen molar-refractivity contribution in [3.8, 4) is 0 Å². The molecule has 0 aliphatic heterocycles. The predicted molar refractivity (Wildman–Crippen MR) is 54.9 cm³/mol. The molecule has 0 bridgehead atoms. The van der Waals surface area contributed by atoms with Crippen LogP contribution in [0.2, 0.25) is 0 Å². The zero-order valence-corrected chi connectivity index (χ0v) is 9.12. The van der Waals surface area contributed by atoms with E-state index in [4.69, 9.17) is 0 Å². The van der Waals surface area contributed by atoms with E-state index in [1.165, 1.54) is 0 Å². The zero-order valence-electron chi connectivity index (χ0n) is 9.12. The molecule has 0 saturated heterocycles. The molecule has 0 radical (unpaired) electrons. The van der Waals surface area contributed by atoms with Gasteiger partial charge < -0.3 is 5.11 Å². The number of rotatable bonds is 0. The Balaban J connectivity index is 2.25. The van der Waals surface area contributed by atoms with Gasteiger partial charge in [-0.2, -0.15) is 0 Å². The second kappa shape index (κ2) is 3.34. The molecule has 0 unspecified atom stereocenters. The molecule has 0 heterocycles. The Hall–Kier alpha value is -0.370. The summed E-state index contributed by atoms with van der Waals surface area (Å²) >= 11 is 0. The lowest BCUT2D eigenvalue weighted by molar-refractivity contribution is -0.143. The van der Waals surface area contributed by atoms with Crippen molar-refractivity contribution < 1.29 is 9.90 Å². The Morgan fingerprint density at radius 3 is 2.86 bits per heavy atom. The lowest BCUT2D eigenvalue weighted by Crippen LogP contribution is -2.49. The Bertz CT molecular complexity index is 249. The van der Waals surface area contributed by atoms with E-state index in [2.05, 4.69) is 13.8 Å². The van der Waals surface area contributed by atoms with Gasteiger partial charge in [0.1, 0.15) is 5.78 Å². The number of hydrogen-bond acceptors (Lipinski definition) is 2. The van der Waals surface area contributed by atoms with Gasteiger partial charge in [-0.05, 0) is 37.5 Å². The first-order chi connectivity index (χ1) is 6.55. The summed E-state index contributed by atoms with van der Waals surface area (Å²) in [5.74, 6) is 1.16. The minimum Gasteiger partial charge on any atom is -0.393 e. The number of aliphatic hydroxyl groups excluding tert-OH is 1. The molecule has 14 heavy (non-hydrogen) atoms. The monoisotopic (exact) mass is 196 g/mol. The third-order valence-electron chi connectivity index (χ3n) is 4.58. The van der Waals surface area contributed by atoms with E-state index in [-0.39, 0.29) is 11.5 Å². The van der Waals surface area contributed by atoms with Crippen molar-refractivity contribution in [2.45, 2.75) is 52.1 Å². The molecule has 2 nitrogen and oxygen atoms in total. The van der Waals surface area contributed by atoms with Crippen LogP contribution in [0, 0.1) is 17.3 Å². The maximum absolute atomic E-state index is 11.9. The summed E-state index contributed by atoms with van der Waals surface area (Å²) in [6, 6.07) is 0. The first-order valence-electron chi connectivity index (χ1n) is 5.77. The Morgan fingerprint density at radius 2 is 2.14 bits per heavy atom. The molecule has 0 aromatic rings. The molecule has 2 heteroatoms. The highest BCUT2D eigenvalue weighted by atomic mass is 16.3. The maximum atomic E-state index is 11.9. The lowest BCUT2D eigenvalue weighted by Gasteiger charge is -2.48. The summed E-state index contributed by atoms with van der Waals surface area (Å²) in [4.78, 5) is 11.9. The van der Waals surface area contributed by atoms with Crippen LogP contribution >= 0.6 is 0 Å². The predicted octanol–water partition coefficient (Wildman–Crippen LogP) is 2.15. The zero-order chi connectivity index (χ0) is 10.3. The standard InChI is InChI=1S/C12H20O2/c1-8-9-4-3-5-11(14)12(9,2)7-6-10(8)13/h8-10,13H,3-7H2,1-2H3/t8-,9-,10+,12-/m0/s1. The molecule has 2 fully saturated rings. The van der Waals surface area contributed by atoms with Crippen LogP contribution in [0.15, 0.2) is 0 Å². The second-order valence-corrected chi connectivity index (χ2v) is 5.30. The van der Waals surface area contributed by atoms with Gasteiger partial charge in [0.25, 0.3) is 0 Å². The highest BCUT2D eigenvalue weighted by Crippen LogP contribution is 2.50. The number of fused-ring (bicyclic) bond motifs is 1. The van der Waals surface area contributed by atoms with Crippen LogP contribution in [-0.4, -0.2) is 17.0 Å². The number of aliphatic hydroxyl groups is 1.